The van der Waals surface area contributed by atoms with E-state index in [1.54, 1.807) is 53.6 Å². The molecule has 1 saturated heterocycles. The van der Waals surface area contributed by atoms with Crippen molar-refractivity contribution < 1.29 is 28.6 Å². The number of halogens is 1. The summed E-state index contributed by atoms with van der Waals surface area (Å²) >= 11 is 3.28. The number of carbonyl (C=O) groups excluding carboxylic acids is 3. The average Bonchev–Trinajstić information content (AvgIpc) is 3.19. The number of nitrogens with two attached hydrogens (primary N) is 1. The molecule has 12 heteroatoms. The van der Waals surface area contributed by atoms with E-state index in [4.69, 9.17) is 19.9 Å². The van der Waals surface area contributed by atoms with Crippen LogP contribution < -0.4 is 10.6 Å². The number of hydrogen-bond acceptors (Lipinski definition) is 7. The lowest BCUT2D eigenvalue weighted by atomic mass is 10.2. The molecule has 0 aliphatic carbocycles. The molecule has 1 aliphatic heterocycles. The van der Waals surface area contributed by atoms with E-state index in [9.17, 15) is 14.4 Å². The normalized spacial score (nSPS) is 18.9. The summed E-state index contributed by atoms with van der Waals surface area (Å²) in [5, 5.41) is 4.44. The minimum Gasteiger partial charge on any atom is -0.444 e. The van der Waals surface area contributed by atoms with Gasteiger partial charge in [-0.2, -0.15) is 5.10 Å². The third-order valence-electron chi connectivity index (χ3n) is 4.80. The minimum absolute atomic E-state index is 0.0439. The number of anilines is 1. The minimum atomic E-state index is -0.756. The third-order valence-corrected chi connectivity index (χ3v) is 5.35. The van der Waals surface area contributed by atoms with Crippen molar-refractivity contribution in [2.24, 2.45) is 5.73 Å². The van der Waals surface area contributed by atoms with Gasteiger partial charge in [0.15, 0.2) is 5.82 Å². The lowest BCUT2D eigenvalue weighted by Crippen LogP contribution is -2.41. The number of methoxy groups -OCH3 is 1. The van der Waals surface area contributed by atoms with Crippen LogP contribution in [0.25, 0.3) is 0 Å². The zero-order valence-corrected chi connectivity index (χ0v) is 22.1. The zero-order valence-electron chi connectivity index (χ0n) is 20.5. The molecule has 1 aliphatic rings. The van der Waals surface area contributed by atoms with Gasteiger partial charge in [0.25, 0.3) is 5.91 Å². The number of aromatic nitrogens is 2. The van der Waals surface area contributed by atoms with Crippen molar-refractivity contribution in [2.75, 3.05) is 32.2 Å². The summed E-state index contributed by atoms with van der Waals surface area (Å²) in [7, 11) is 3.03. The molecule has 2 atom stereocenters. The second-order valence-electron chi connectivity index (χ2n) is 9.97. The van der Waals surface area contributed by atoms with Gasteiger partial charge >= 0.3 is 12.2 Å². The van der Waals surface area contributed by atoms with Crippen LogP contribution in [-0.4, -0.2) is 77.3 Å². The van der Waals surface area contributed by atoms with Crippen molar-refractivity contribution in [2.45, 2.75) is 71.2 Å². The van der Waals surface area contributed by atoms with Crippen molar-refractivity contribution in [3.8, 4) is 0 Å². The van der Waals surface area contributed by atoms with E-state index in [0.29, 0.717) is 6.42 Å². The number of hydrogen-bond donors (Lipinski definition) is 1. The fraction of sp³-hybridized carbons (Fsp3) is 0.714. The zero-order chi connectivity index (χ0) is 25.3. The van der Waals surface area contributed by atoms with Crippen LogP contribution in [0, 0.1) is 0 Å². The van der Waals surface area contributed by atoms with Crippen LogP contribution in [0.1, 0.15) is 64.4 Å². The second kappa shape index (κ2) is 9.88. The lowest BCUT2D eigenvalue weighted by Gasteiger charge is -2.28. The highest BCUT2D eigenvalue weighted by Crippen LogP contribution is 2.36. The molecule has 2 N–H and O–H groups in total. The number of likely N-dealkylation sites (tertiary alicyclic amines) is 1. The average molecular weight is 532 g/mol. The van der Waals surface area contributed by atoms with Crippen molar-refractivity contribution >= 4 is 39.8 Å². The highest BCUT2D eigenvalue weighted by atomic mass is 79.9. The molecule has 2 rings (SSSR count). The Morgan fingerprint density at radius 3 is 2.21 bits per heavy atom. The number of nitrogens with zero attached hydrogens (tertiary/aromatic N) is 4. The summed E-state index contributed by atoms with van der Waals surface area (Å²) in [4.78, 5) is 40.6. The predicted octanol–water partition coefficient (Wildman–Crippen LogP) is 3.31. The summed E-state index contributed by atoms with van der Waals surface area (Å²) < 4.78 is 18.1. The smallest absolute Gasteiger partial charge is 0.415 e. The van der Waals surface area contributed by atoms with Gasteiger partial charge < -0.3 is 24.8 Å². The van der Waals surface area contributed by atoms with Crippen molar-refractivity contribution in [1.29, 1.82) is 0 Å². The first-order valence-electron chi connectivity index (χ1n) is 10.6. The molecular formula is C21H34BrN5O6. The fourth-order valence-corrected chi connectivity index (χ4v) is 4.11. The maximum Gasteiger partial charge on any atom is 0.415 e. The fourth-order valence-electron chi connectivity index (χ4n) is 3.57. The molecule has 1 fully saturated rings. The Balaban J connectivity index is 2.47. The lowest BCUT2D eigenvalue weighted by molar-refractivity contribution is 0.0145. The second-order valence-corrected chi connectivity index (χ2v) is 10.7. The van der Waals surface area contributed by atoms with E-state index >= 15 is 0 Å². The Morgan fingerprint density at radius 1 is 1.15 bits per heavy atom. The van der Waals surface area contributed by atoms with Gasteiger partial charge in [0.05, 0.1) is 18.7 Å². The summed E-state index contributed by atoms with van der Waals surface area (Å²) in [5.74, 6) is -0.579. The van der Waals surface area contributed by atoms with Crippen LogP contribution >= 0.6 is 15.9 Å². The topological polar surface area (TPSA) is 129 Å². The molecule has 0 bridgehead atoms. The molecule has 1 aromatic heterocycles. The molecule has 2 unspecified atom stereocenters. The summed E-state index contributed by atoms with van der Waals surface area (Å²) in [6.45, 7) is 11.1. The molecule has 1 aromatic rings. The summed E-state index contributed by atoms with van der Waals surface area (Å²) in [5.41, 5.74) is 4.24. The van der Waals surface area contributed by atoms with Gasteiger partial charge in [-0.05, 0) is 63.9 Å². The van der Waals surface area contributed by atoms with Gasteiger partial charge in [-0.3, -0.25) is 9.69 Å². The molecule has 0 aromatic carbocycles. The number of amides is 3. The van der Waals surface area contributed by atoms with E-state index < -0.39 is 29.3 Å². The molecule has 33 heavy (non-hydrogen) atoms. The predicted molar refractivity (Wildman–Crippen MR) is 125 cm³/mol. The van der Waals surface area contributed by atoms with Gasteiger partial charge in [0.2, 0.25) is 0 Å². The first-order valence-corrected chi connectivity index (χ1v) is 11.4. The maximum atomic E-state index is 12.8. The first-order chi connectivity index (χ1) is 15.1. The van der Waals surface area contributed by atoms with E-state index in [2.05, 4.69) is 21.0 Å². The van der Waals surface area contributed by atoms with E-state index in [1.165, 1.54) is 16.6 Å². The van der Waals surface area contributed by atoms with Crippen LogP contribution in [-0.2, 0) is 14.2 Å². The van der Waals surface area contributed by atoms with Crippen molar-refractivity contribution in [3.63, 3.8) is 0 Å². The third kappa shape index (κ3) is 6.59. The quantitative estimate of drug-likeness (QED) is 0.616. The highest BCUT2D eigenvalue weighted by Gasteiger charge is 2.41. The first kappa shape index (κ1) is 26.9. The Kier molecular flexibility index (Phi) is 8.06. The number of rotatable bonds is 5. The molecule has 0 radical (unpaired) electrons. The SMILES string of the molecule is COCC1CC(n2nc(Br)c(C(N)=O)c2N(C)C(=O)OC(C)(C)C)CN1C(=O)OC(C)(C)C. The van der Waals surface area contributed by atoms with E-state index in [1.807, 2.05) is 0 Å². The summed E-state index contributed by atoms with van der Waals surface area (Å²) in [6.07, 6.45) is -0.682. The number of carbonyl (C=O) groups is 3. The van der Waals surface area contributed by atoms with Gasteiger partial charge in [-0.25, -0.2) is 14.3 Å². The molecule has 11 nitrogen and oxygen atoms in total. The van der Waals surface area contributed by atoms with Gasteiger partial charge in [-0.15, -0.1) is 0 Å². The standard InChI is InChI=1S/C21H34BrN5O6/c1-20(2,3)32-18(29)25(7)17-14(16(23)28)15(22)24-27(17)12-9-13(11-31-8)26(10-12)19(30)33-21(4,5)6/h12-13H,9-11H2,1-8H3,(H2,23,28). The van der Waals surface area contributed by atoms with E-state index in [-0.39, 0.29) is 41.2 Å². The van der Waals surface area contributed by atoms with Crippen LogP contribution in [0.15, 0.2) is 4.60 Å². The highest BCUT2D eigenvalue weighted by molar-refractivity contribution is 9.10. The van der Waals surface area contributed by atoms with Gasteiger partial charge in [0.1, 0.15) is 21.4 Å². The van der Waals surface area contributed by atoms with Crippen LogP contribution in [0.3, 0.4) is 0 Å². The van der Waals surface area contributed by atoms with Gasteiger partial charge in [0, 0.05) is 20.7 Å². The molecule has 2 heterocycles. The number of primary amides is 1. The van der Waals surface area contributed by atoms with Crippen molar-refractivity contribution in [1.82, 2.24) is 14.7 Å². The number of ether oxygens (including phenoxy) is 3. The van der Waals surface area contributed by atoms with E-state index in [0.717, 1.165) is 0 Å². The van der Waals surface area contributed by atoms with Crippen LogP contribution in [0.5, 0.6) is 0 Å². The Hall–Kier alpha value is -2.34. The summed E-state index contributed by atoms with van der Waals surface area (Å²) in [6, 6.07) is -0.656. The van der Waals surface area contributed by atoms with Crippen LogP contribution in [0.2, 0.25) is 0 Å². The maximum absolute atomic E-state index is 12.8. The molecule has 0 spiro atoms. The van der Waals surface area contributed by atoms with Gasteiger partial charge in [-0.1, -0.05) is 0 Å². The molecule has 186 valence electrons. The Labute approximate surface area is 202 Å². The molecular weight excluding hydrogens is 498 g/mol. The van der Waals surface area contributed by atoms with Crippen molar-refractivity contribution in [3.05, 3.63) is 10.2 Å². The Morgan fingerprint density at radius 2 is 1.73 bits per heavy atom. The molecule has 3 amide bonds. The molecule has 0 saturated carbocycles. The monoisotopic (exact) mass is 531 g/mol. The largest absolute Gasteiger partial charge is 0.444 e. The Bertz CT molecular complexity index is 904. The van der Waals surface area contributed by atoms with Crippen LogP contribution in [0.4, 0.5) is 15.4 Å².